The highest BCUT2D eigenvalue weighted by atomic mass is 32.2. The minimum absolute atomic E-state index is 0.161. The molecule has 4 aromatic carbocycles. The van der Waals surface area contributed by atoms with E-state index in [1.807, 2.05) is 73.6 Å². The highest BCUT2D eigenvalue weighted by Gasteiger charge is 2.52. The van der Waals surface area contributed by atoms with E-state index < -0.39 is 45.5 Å². The van der Waals surface area contributed by atoms with Crippen molar-refractivity contribution in [2.75, 3.05) is 53.7 Å². The van der Waals surface area contributed by atoms with Crippen LogP contribution >= 0.6 is 0 Å². The molecule has 3 heterocycles. The summed E-state index contributed by atoms with van der Waals surface area (Å²) in [7, 11) is -6.64. The molecule has 0 saturated carbocycles. The zero-order valence-electron chi connectivity index (χ0n) is 41.3. The van der Waals surface area contributed by atoms with E-state index in [-0.39, 0.29) is 39.5 Å². The van der Waals surface area contributed by atoms with Gasteiger partial charge in [-0.05, 0) is 87.1 Å². The Bertz CT molecular complexity index is 2820. The first kappa shape index (κ1) is 53.9. The van der Waals surface area contributed by atoms with Gasteiger partial charge in [0.1, 0.15) is 34.5 Å². The molecule has 4 aromatic rings. The van der Waals surface area contributed by atoms with Crippen molar-refractivity contribution in [1.29, 1.82) is 0 Å². The second-order valence-electron chi connectivity index (χ2n) is 18.5. The molecule has 0 aromatic heterocycles. The van der Waals surface area contributed by atoms with Gasteiger partial charge in [0.25, 0.3) is 20.0 Å². The normalized spacial score (nSPS) is 17.0. The van der Waals surface area contributed by atoms with Crippen molar-refractivity contribution in [3.8, 4) is 11.5 Å². The molecular formula is C48H62B2N6O12S2. The van der Waals surface area contributed by atoms with Crippen LogP contribution in [0.15, 0.2) is 114 Å². The van der Waals surface area contributed by atoms with Gasteiger partial charge in [-0.1, -0.05) is 76.2 Å². The first-order valence-corrected chi connectivity index (χ1v) is 25.7. The van der Waals surface area contributed by atoms with Gasteiger partial charge in [-0.25, -0.2) is 10.0 Å². The average molecular weight is 1000 g/mol. The molecular weight excluding hydrogens is 938 g/mol. The molecule has 0 atom stereocenters. The SMILES string of the molecule is COCCOc1cc(/C=N/N(CC(C)C)C2=NS(=O)(=O)c3ccccc32)ccc1B(O)O.COCCOc1cc(/C=N/N(CC(C)C)C2=NS(=O)(=O)c3ccccc32)ccc1B1OC(C)(C)C(C)(C)O1. The van der Waals surface area contributed by atoms with Gasteiger partial charge in [-0.2, -0.15) is 27.0 Å². The maximum atomic E-state index is 12.6. The Hall–Kier alpha value is -5.45. The Kier molecular flexibility index (Phi) is 17.5. The summed E-state index contributed by atoms with van der Waals surface area (Å²) in [6.45, 7) is 18.4. The molecule has 70 heavy (non-hydrogen) atoms. The Morgan fingerprint density at radius 3 is 1.53 bits per heavy atom. The molecule has 7 rings (SSSR count). The smallest absolute Gasteiger partial charge is 0.492 e. The van der Waals surface area contributed by atoms with Gasteiger partial charge < -0.3 is 38.3 Å². The van der Waals surface area contributed by atoms with E-state index >= 15 is 0 Å². The van der Waals surface area contributed by atoms with Crippen LogP contribution in [0.3, 0.4) is 0 Å². The van der Waals surface area contributed by atoms with E-state index in [1.54, 1.807) is 91.3 Å². The fourth-order valence-corrected chi connectivity index (χ4v) is 9.66. The van der Waals surface area contributed by atoms with Crippen molar-refractivity contribution in [1.82, 2.24) is 10.0 Å². The van der Waals surface area contributed by atoms with Crippen LogP contribution in [0.5, 0.6) is 11.5 Å². The molecule has 3 aliphatic rings. The standard InChI is InChI=1S/C27H36BN3O6S.C21H26BN3O6S/c1-19(2)18-31(25-21-10-8-9-11-24(21)38(32,33)30-25)29-17-20-12-13-22(23(16-20)35-15-14-34-7)28-36-26(3,4)27(5,6)37-28;1-15(2)14-25(21-17-6-4-5-7-20(17)32(28,29)24-21)23-13-16-8-9-18(22(26)27)19(12-16)31-11-10-30-3/h8-13,16-17,19H,14-15,18H2,1-7H3;4-9,12-13,15,26-27H,10-11,14H2,1-3H3/b29-17+;23-13+. The van der Waals surface area contributed by atoms with Crippen LogP contribution in [-0.2, 0) is 38.8 Å². The predicted molar refractivity (Wildman–Crippen MR) is 272 cm³/mol. The molecule has 0 spiro atoms. The maximum absolute atomic E-state index is 12.6. The monoisotopic (exact) mass is 1000 g/mol. The lowest BCUT2D eigenvalue weighted by Gasteiger charge is -2.32. The van der Waals surface area contributed by atoms with Crippen LogP contribution in [0.2, 0.25) is 0 Å². The van der Waals surface area contributed by atoms with E-state index in [0.29, 0.717) is 66.9 Å². The summed E-state index contributed by atoms with van der Waals surface area (Å²) in [5, 5.41) is 31.5. The summed E-state index contributed by atoms with van der Waals surface area (Å²) in [6.07, 6.45) is 3.23. The van der Waals surface area contributed by atoms with E-state index in [4.69, 9.17) is 28.3 Å². The quantitative estimate of drug-likeness (QED) is 0.0616. The molecule has 18 nitrogen and oxygen atoms in total. The van der Waals surface area contributed by atoms with Crippen LogP contribution in [-0.4, -0.2) is 140 Å². The third-order valence-corrected chi connectivity index (χ3v) is 14.1. The second-order valence-corrected chi connectivity index (χ2v) is 21.6. The fraction of sp³-hybridized carbons (Fsp3) is 0.417. The molecule has 0 bridgehead atoms. The van der Waals surface area contributed by atoms with Crippen LogP contribution in [0.25, 0.3) is 0 Å². The van der Waals surface area contributed by atoms with Crippen LogP contribution < -0.4 is 20.4 Å². The van der Waals surface area contributed by atoms with Crippen molar-refractivity contribution >= 4 is 69.3 Å². The van der Waals surface area contributed by atoms with Gasteiger partial charge in [-0.3, -0.25) is 0 Å². The molecule has 0 amide bonds. The Morgan fingerprint density at radius 1 is 0.657 bits per heavy atom. The Labute approximate surface area is 412 Å². The van der Waals surface area contributed by atoms with E-state index in [9.17, 15) is 26.9 Å². The number of hydrogen-bond donors (Lipinski definition) is 2. The largest absolute Gasteiger partial charge is 0.498 e. The lowest BCUT2D eigenvalue weighted by Crippen LogP contribution is -2.41. The Balaban J connectivity index is 0.000000233. The molecule has 374 valence electrons. The van der Waals surface area contributed by atoms with E-state index in [2.05, 4.69) is 19.0 Å². The van der Waals surface area contributed by atoms with Crippen LogP contribution in [0.4, 0.5) is 0 Å². The van der Waals surface area contributed by atoms with Crippen molar-refractivity contribution in [3.05, 3.63) is 107 Å². The first-order valence-electron chi connectivity index (χ1n) is 22.8. The third kappa shape index (κ3) is 12.9. The van der Waals surface area contributed by atoms with Crippen molar-refractivity contribution in [2.45, 2.75) is 76.4 Å². The van der Waals surface area contributed by atoms with Crippen molar-refractivity contribution in [3.63, 3.8) is 0 Å². The number of sulfonamides is 2. The number of hydrazone groups is 2. The number of nitrogens with zero attached hydrogens (tertiary/aromatic N) is 6. The lowest BCUT2D eigenvalue weighted by atomic mass is 9.78. The van der Waals surface area contributed by atoms with Crippen LogP contribution in [0.1, 0.15) is 77.6 Å². The number of rotatable bonds is 18. The number of benzene rings is 4. The number of fused-ring (bicyclic) bond motifs is 2. The van der Waals surface area contributed by atoms with Gasteiger partial charge in [0.15, 0.2) is 11.7 Å². The van der Waals surface area contributed by atoms with Gasteiger partial charge >= 0.3 is 14.2 Å². The number of amidine groups is 2. The van der Waals surface area contributed by atoms with Crippen molar-refractivity contribution in [2.24, 2.45) is 30.8 Å². The van der Waals surface area contributed by atoms with Gasteiger partial charge in [0.05, 0.1) is 36.8 Å². The van der Waals surface area contributed by atoms with E-state index in [1.165, 1.54) is 12.1 Å². The summed E-state index contributed by atoms with van der Waals surface area (Å²) in [6, 6.07) is 24.0. The molecule has 22 heteroatoms. The number of ether oxygens (including phenoxy) is 4. The lowest BCUT2D eigenvalue weighted by molar-refractivity contribution is 0.00578. The summed E-state index contributed by atoms with van der Waals surface area (Å²) < 4.78 is 92.5. The molecule has 3 aliphatic heterocycles. The maximum Gasteiger partial charge on any atom is 0.498 e. The first-order chi connectivity index (χ1) is 33.1. The zero-order valence-corrected chi connectivity index (χ0v) is 42.9. The highest BCUT2D eigenvalue weighted by Crippen LogP contribution is 2.37. The molecule has 1 fully saturated rings. The minimum Gasteiger partial charge on any atom is -0.492 e. The number of hydrogen-bond acceptors (Lipinski definition) is 16. The second kappa shape index (κ2) is 22.7. The van der Waals surface area contributed by atoms with Crippen LogP contribution in [0, 0.1) is 11.8 Å². The molecule has 2 N–H and O–H groups in total. The summed E-state index contributed by atoms with van der Waals surface area (Å²) in [4.78, 5) is 0.355. The van der Waals surface area contributed by atoms with Gasteiger partial charge in [-0.15, -0.1) is 8.80 Å². The van der Waals surface area contributed by atoms with Gasteiger partial charge in [0.2, 0.25) is 0 Å². The minimum atomic E-state index is -3.77. The third-order valence-electron chi connectivity index (χ3n) is 11.4. The summed E-state index contributed by atoms with van der Waals surface area (Å²) in [5.74, 6) is 1.88. The highest BCUT2D eigenvalue weighted by molar-refractivity contribution is 7.91. The fourth-order valence-electron chi connectivity index (χ4n) is 7.25. The average Bonchev–Trinajstić information content (AvgIpc) is 3.83. The van der Waals surface area contributed by atoms with Crippen molar-refractivity contribution < 1.29 is 55.1 Å². The van der Waals surface area contributed by atoms with E-state index in [0.717, 1.165) is 11.0 Å². The number of methoxy groups -OCH3 is 2. The summed E-state index contributed by atoms with van der Waals surface area (Å²) >= 11 is 0. The summed E-state index contributed by atoms with van der Waals surface area (Å²) in [5.41, 5.74) is 2.47. The molecule has 0 unspecified atom stereocenters. The zero-order chi connectivity index (χ0) is 51.0. The topological polar surface area (TPSA) is 220 Å². The molecule has 1 saturated heterocycles. The molecule has 0 aliphatic carbocycles. The predicted octanol–water partition coefficient (Wildman–Crippen LogP) is 4.28. The Morgan fingerprint density at radius 2 is 1.09 bits per heavy atom. The molecule has 0 radical (unpaired) electrons. The van der Waals surface area contributed by atoms with Gasteiger partial charge in [0, 0.05) is 49.4 Å².